The number of rotatable bonds is 1. The molecule has 0 aromatic carbocycles. The molecule has 0 spiro atoms. The zero-order valence-electron chi connectivity index (χ0n) is 22.6. The van der Waals surface area contributed by atoms with Gasteiger partial charge in [0.1, 0.15) is 0 Å². The number of fused-ring (bicyclic) bond motifs is 7. The van der Waals surface area contributed by atoms with Gasteiger partial charge in [-0.15, -0.1) is 0 Å². The van der Waals surface area contributed by atoms with Crippen LogP contribution in [0.15, 0.2) is 11.6 Å². The molecule has 4 nitrogen and oxygen atoms in total. The third-order valence-corrected chi connectivity index (χ3v) is 13.0. The van der Waals surface area contributed by atoms with E-state index in [0.717, 1.165) is 51.4 Å². The van der Waals surface area contributed by atoms with Gasteiger partial charge in [0.25, 0.3) is 0 Å². The first-order chi connectivity index (χ1) is 15.6. The van der Waals surface area contributed by atoms with Crippen molar-refractivity contribution in [3.8, 4) is 0 Å². The summed E-state index contributed by atoms with van der Waals surface area (Å²) < 4.78 is 0. The molecule has 9 atom stereocenters. The lowest BCUT2D eigenvalue weighted by molar-refractivity contribution is -0.231. The molecule has 5 aliphatic carbocycles. The van der Waals surface area contributed by atoms with E-state index < -0.39 is 23.6 Å². The summed E-state index contributed by atoms with van der Waals surface area (Å²) in [7, 11) is 0. The molecule has 4 heteroatoms. The quantitative estimate of drug-likeness (QED) is 0.397. The van der Waals surface area contributed by atoms with Gasteiger partial charge in [0.15, 0.2) is 0 Å². The van der Waals surface area contributed by atoms with Crippen LogP contribution in [-0.4, -0.2) is 33.5 Å². The van der Waals surface area contributed by atoms with Crippen LogP contribution in [0.3, 0.4) is 0 Å². The smallest absolute Gasteiger partial charge is 0.310 e. The Morgan fingerprint density at radius 2 is 1.53 bits per heavy atom. The van der Waals surface area contributed by atoms with E-state index >= 15 is 0 Å². The molecule has 0 bridgehead atoms. The average molecular weight is 473 g/mol. The SMILES string of the molecule is CC1(C)CC[C@]2(C(=O)O)CC[C@]3(C)C(=CC[C@@H]4[C@@]5(C)C[C@@H](O)[C@H](O)C(C)(C)[C@@H]5CC[C@]43C)[C@H]2C1. The number of carboxylic acids is 1. The van der Waals surface area contributed by atoms with Crippen molar-refractivity contribution in [1.82, 2.24) is 0 Å². The first kappa shape index (κ1) is 24.8. The Hall–Kier alpha value is -0.870. The maximum Gasteiger partial charge on any atom is 0.310 e. The fourth-order valence-electron chi connectivity index (χ4n) is 10.8. The van der Waals surface area contributed by atoms with Crippen LogP contribution >= 0.6 is 0 Å². The minimum absolute atomic E-state index is 0.00785. The molecule has 0 saturated heterocycles. The number of aliphatic hydroxyl groups is 2. The zero-order valence-corrected chi connectivity index (χ0v) is 22.6. The standard InChI is InChI=1S/C30H48O4/c1-25(2)12-14-30(24(33)34)15-13-28(6)18(19(30)16-25)8-9-22-27(5)17-20(31)23(32)26(3,4)21(27)10-11-29(22,28)7/h8,19-23,31-32H,9-17H2,1-7H3,(H,33,34)/t19-,20-,21+,22-,23+,27+,28-,29-,30+/m1/s1. The van der Waals surface area contributed by atoms with Crippen LogP contribution in [0.2, 0.25) is 0 Å². The van der Waals surface area contributed by atoms with Crippen LogP contribution in [0.25, 0.3) is 0 Å². The molecule has 0 amide bonds. The molecule has 3 N–H and O–H groups in total. The van der Waals surface area contributed by atoms with Crippen molar-refractivity contribution in [3.05, 3.63) is 11.6 Å². The Bertz CT molecular complexity index is 919. The van der Waals surface area contributed by atoms with E-state index in [-0.39, 0.29) is 33.0 Å². The molecule has 0 radical (unpaired) electrons. The highest BCUT2D eigenvalue weighted by Gasteiger charge is 2.70. The second-order valence-electron chi connectivity index (χ2n) is 15.2. The van der Waals surface area contributed by atoms with E-state index in [1.165, 1.54) is 5.57 Å². The number of aliphatic carboxylic acids is 1. The molecule has 0 aliphatic heterocycles. The molecule has 0 aromatic rings. The highest BCUT2D eigenvalue weighted by Crippen LogP contribution is 2.75. The molecule has 0 aromatic heterocycles. The second-order valence-corrected chi connectivity index (χ2v) is 15.2. The summed E-state index contributed by atoms with van der Waals surface area (Å²) in [5.41, 5.74) is 0.754. The minimum atomic E-state index is -0.679. The van der Waals surface area contributed by atoms with Gasteiger partial charge >= 0.3 is 5.97 Å². The van der Waals surface area contributed by atoms with Gasteiger partial charge in [0.05, 0.1) is 17.6 Å². The second kappa shape index (κ2) is 7.12. The largest absolute Gasteiger partial charge is 0.481 e. The summed E-state index contributed by atoms with van der Waals surface area (Å²) in [6.07, 6.45) is 9.45. The van der Waals surface area contributed by atoms with Crippen molar-refractivity contribution in [2.75, 3.05) is 0 Å². The minimum Gasteiger partial charge on any atom is -0.481 e. The predicted molar refractivity (Wildman–Crippen MR) is 134 cm³/mol. The Kier molecular flexibility index (Phi) is 5.20. The van der Waals surface area contributed by atoms with Crippen molar-refractivity contribution >= 4 is 5.97 Å². The summed E-state index contributed by atoms with van der Waals surface area (Å²) in [5.74, 6) is 0.365. The Labute approximate surface area is 206 Å². The van der Waals surface area contributed by atoms with Gasteiger partial charge in [-0.1, -0.05) is 60.1 Å². The summed E-state index contributed by atoms with van der Waals surface area (Å²) in [6.45, 7) is 16.3. The summed E-state index contributed by atoms with van der Waals surface area (Å²) >= 11 is 0. The van der Waals surface area contributed by atoms with E-state index in [1.54, 1.807) is 0 Å². The lowest BCUT2D eigenvalue weighted by Gasteiger charge is -2.71. The first-order valence-corrected chi connectivity index (χ1v) is 13.9. The fraction of sp³-hybridized carbons (Fsp3) is 0.900. The Balaban J connectivity index is 1.61. The molecule has 0 unspecified atom stereocenters. The van der Waals surface area contributed by atoms with Gasteiger partial charge in [-0.3, -0.25) is 4.79 Å². The van der Waals surface area contributed by atoms with Crippen LogP contribution < -0.4 is 0 Å². The number of hydrogen-bond donors (Lipinski definition) is 3. The number of allylic oxidation sites excluding steroid dienone is 2. The van der Waals surface area contributed by atoms with Crippen molar-refractivity contribution in [3.63, 3.8) is 0 Å². The third-order valence-electron chi connectivity index (χ3n) is 13.0. The number of aliphatic hydroxyl groups excluding tert-OH is 2. The van der Waals surface area contributed by atoms with Gasteiger partial charge in [-0.25, -0.2) is 0 Å². The van der Waals surface area contributed by atoms with Crippen LogP contribution in [0, 0.1) is 50.2 Å². The van der Waals surface area contributed by atoms with E-state index in [9.17, 15) is 20.1 Å². The molecule has 192 valence electrons. The molecule has 5 rings (SSSR count). The summed E-state index contributed by atoms with van der Waals surface area (Å²) in [4.78, 5) is 12.8. The highest BCUT2D eigenvalue weighted by atomic mass is 16.4. The number of carbonyl (C=O) groups is 1. The zero-order chi connectivity index (χ0) is 25.1. The van der Waals surface area contributed by atoms with Crippen LogP contribution in [0.5, 0.6) is 0 Å². The monoisotopic (exact) mass is 472 g/mol. The molecule has 34 heavy (non-hydrogen) atoms. The highest BCUT2D eigenvalue weighted by molar-refractivity contribution is 5.76. The van der Waals surface area contributed by atoms with E-state index in [1.807, 2.05) is 0 Å². The van der Waals surface area contributed by atoms with Crippen LogP contribution in [-0.2, 0) is 4.79 Å². The number of carboxylic acid groups (broad SMARTS) is 1. The Morgan fingerprint density at radius 1 is 0.882 bits per heavy atom. The normalized spacial score (nSPS) is 53.4. The van der Waals surface area contributed by atoms with E-state index in [0.29, 0.717) is 18.3 Å². The molecule has 5 aliphatic rings. The fourth-order valence-corrected chi connectivity index (χ4v) is 10.8. The summed E-state index contributed by atoms with van der Waals surface area (Å²) in [5, 5.41) is 32.4. The van der Waals surface area contributed by atoms with Gasteiger partial charge in [-0.05, 0) is 103 Å². The molecule has 4 fully saturated rings. The average Bonchev–Trinajstić information content (AvgIpc) is 2.72. The first-order valence-electron chi connectivity index (χ1n) is 13.9. The van der Waals surface area contributed by atoms with E-state index in [4.69, 9.17) is 0 Å². The Morgan fingerprint density at radius 3 is 2.18 bits per heavy atom. The lowest BCUT2D eigenvalue weighted by Crippen LogP contribution is -2.67. The predicted octanol–water partition coefficient (Wildman–Crippen LogP) is 6.20. The molecule has 0 heterocycles. The molecular formula is C30H48O4. The molecule has 4 saturated carbocycles. The van der Waals surface area contributed by atoms with Gasteiger partial charge in [0, 0.05) is 0 Å². The maximum atomic E-state index is 12.8. The van der Waals surface area contributed by atoms with Crippen LogP contribution in [0.4, 0.5) is 0 Å². The van der Waals surface area contributed by atoms with Gasteiger partial charge in [0.2, 0.25) is 0 Å². The number of hydrogen-bond acceptors (Lipinski definition) is 3. The van der Waals surface area contributed by atoms with Crippen LogP contribution in [0.1, 0.15) is 106 Å². The maximum absolute atomic E-state index is 12.8. The lowest BCUT2D eigenvalue weighted by atomic mass is 9.33. The molecular weight excluding hydrogens is 424 g/mol. The van der Waals surface area contributed by atoms with Crippen molar-refractivity contribution < 1.29 is 20.1 Å². The topological polar surface area (TPSA) is 77.8 Å². The summed E-state index contributed by atoms with van der Waals surface area (Å²) in [6, 6.07) is 0. The van der Waals surface area contributed by atoms with Gasteiger partial charge < -0.3 is 15.3 Å². The van der Waals surface area contributed by atoms with Crippen molar-refractivity contribution in [2.24, 2.45) is 50.2 Å². The van der Waals surface area contributed by atoms with Gasteiger partial charge in [-0.2, -0.15) is 0 Å². The van der Waals surface area contributed by atoms with Crippen molar-refractivity contribution in [2.45, 2.75) is 118 Å². The van der Waals surface area contributed by atoms with Crippen molar-refractivity contribution in [1.29, 1.82) is 0 Å². The van der Waals surface area contributed by atoms with E-state index in [2.05, 4.69) is 54.5 Å². The third kappa shape index (κ3) is 2.88.